The van der Waals surface area contributed by atoms with E-state index in [1.807, 2.05) is 0 Å². The molecule has 1 heterocycles. The number of aromatic nitrogens is 2. The Balaban J connectivity index is 2.36. The molecule has 8 heteroatoms. The van der Waals surface area contributed by atoms with Crippen LogP contribution in [0.3, 0.4) is 0 Å². The number of nitrogens with zero attached hydrogens (tertiary/aromatic N) is 2. The molecule has 0 unspecified atom stereocenters. The second kappa shape index (κ2) is 5.73. The molecule has 0 spiro atoms. The maximum Gasteiger partial charge on any atom is 0.262 e. The minimum atomic E-state index is -0.444. The quantitative estimate of drug-likeness (QED) is 0.942. The van der Waals surface area contributed by atoms with Gasteiger partial charge in [-0.3, -0.25) is 10.1 Å². The van der Waals surface area contributed by atoms with E-state index < -0.39 is 5.91 Å². The van der Waals surface area contributed by atoms with E-state index in [2.05, 4.69) is 15.5 Å². The lowest BCUT2D eigenvalue weighted by Gasteiger charge is -2.10. The minimum absolute atomic E-state index is 0.171. The monoisotopic (exact) mass is 317 g/mol. The lowest BCUT2D eigenvalue weighted by molar-refractivity contribution is 0.102. The third kappa shape index (κ3) is 2.97. The Bertz CT molecular complexity index is 630. The molecule has 1 N–H and O–H groups in total. The number of rotatable bonds is 3. The van der Waals surface area contributed by atoms with Crippen molar-refractivity contribution in [2.75, 3.05) is 12.4 Å². The van der Waals surface area contributed by atoms with E-state index in [1.54, 1.807) is 13.0 Å². The standard InChI is InChI=1S/C11H9Cl2N3O2S/c1-5-15-16-11(19-5)14-10(17)8-6(12)3-4-7(13)9(8)18-2/h3-4H,1-2H3,(H,14,16,17). The highest BCUT2D eigenvalue weighted by Gasteiger charge is 2.20. The lowest BCUT2D eigenvalue weighted by Crippen LogP contribution is -2.14. The summed E-state index contributed by atoms with van der Waals surface area (Å²) in [7, 11) is 1.42. The van der Waals surface area contributed by atoms with Crippen LogP contribution in [0.2, 0.25) is 10.0 Å². The van der Waals surface area contributed by atoms with E-state index in [-0.39, 0.29) is 16.3 Å². The van der Waals surface area contributed by atoms with Crippen LogP contribution in [0.15, 0.2) is 12.1 Å². The van der Waals surface area contributed by atoms with Crippen LogP contribution in [0.25, 0.3) is 0 Å². The first-order valence-corrected chi connectivity index (χ1v) is 6.73. The van der Waals surface area contributed by atoms with Crippen LogP contribution in [0.1, 0.15) is 15.4 Å². The normalized spacial score (nSPS) is 10.3. The van der Waals surface area contributed by atoms with Crippen molar-refractivity contribution >= 4 is 45.6 Å². The molecule has 2 rings (SSSR count). The van der Waals surface area contributed by atoms with Gasteiger partial charge in [0.05, 0.1) is 17.2 Å². The Morgan fingerprint density at radius 3 is 2.58 bits per heavy atom. The molecule has 0 aliphatic rings. The third-order valence-electron chi connectivity index (χ3n) is 2.24. The molecule has 2 aromatic rings. The minimum Gasteiger partial charge on any atom is -0.494 e. The molecule has 1 aromatic carbocycles. The van der Waals surface area contributed by atoms with Crippen molar-refractivity contribution in [3.05, 3.63) is 32.7 Å². The van der Waals surface area contributed by atoms with Crippen molar-refractivity contribution in [1.82, 2.24) is 10.2 Å². The number of nitrogens with one attached hydrogen (secondary N) is 1. The Morgan fingerprint density at radius 1 is 1.32 bits per heavy atom. The summed E-state index contributed by atoms with van der Waals surface area (Å²) in [6.07, 6.45) is 0. The van der Waals surface area contributed by atoms with Gasteiger partial charge in [0, 0.05) is 0 Å². The third-order valence-corrected chi connectivity index (χ3v) is 3.60. The van der Waals surface area contributed by atoms with Gasteiger partial charge in [0.15, 0.2) is 5.75 Å². The number of aryl methyl sites for hydroxylation is 1. The Kier molecular flexibility index (Phi) is 4.24. The SMILES string of the molecule is COc1c(Cl)ccc(Cl)c1C(=O)Nc1nnc(C)s1. The summed E-state index contributed by atoms with van der Waals surface area (Å²) < 4.78 is 5.11. The summed E-state index contributed by atoms with van der Waals surface area (Å²) in [5.74, 6) is -0.214. The van der Waals surface area contributed by atoms with Gasteiger partial charge >= 0.3 is 0 Å². The number of hydrogen-bond acceptors (Lipinski definition) is 5. The highest BCUT2D eigenvalue weighted by Crippen LogP contribution is 2.34. The van der Waals surface area contributed by atoms with Gasteiger partial charge in [0.25, 0.3) is 5.91 Å². The first kappa shape index (κ1) is 14.0. The molecule has 0 saturated carbocycles. The molecule has 1 amide bonds. The summed E-state index contributed by atoms with van der Waals surface area (Å²) in [6, 6.07) is 3.10. The largest absolute Gasteiger partial charge is 0.494 e. The predicted octanol–water partition coefficient (Wildman–Crippen LogP) is 3.41. The predicted molar refractivity (Wildman–Crippen MR) is 75.6 cm³/mol. The fourth-order valence-electron chi connectivity index (χ4n) is 1.45. The second-order valence-corrected chi connectivity index (χ2v) is 5.51. The fourth-order valence-corrected chi connectivity index (χ4v) is 2.51. The van der Waals surface area contributed by atoms with Crippen LogP contribution >= 0.6 is 34.5 Å². The summed E-state index contributed by atoms with van der Waals surface area (Å²) in [4.78, 5) is 12.2. The van der Waals surface area contributed by atoms with Crippen LogP contribution in [0, 0.1) is 6.92 Å². The van der Waals surface area contributed by atoms with Crippen LogP contribution < -0.4 is 10.1 Å². The van der Waals surface area contributed by atoms with Crippen LogP contribution in [0.5, 0.6) is 5.75 Å². The second-order valence-electron chi connectivity index (χ2n) is 3.52. The number of ether oxygens (including phenoxy) is 1. The van der Waals surface area contributed by atoms with Crippen molar-refractivity contribution in [2.45, 2.75) is 6.92 Å². The average Bonchev–Trinajstić information content (AvgIpc) is 2.77. The zero-order chi connectivity index (χ0) is 14.0. The van der Waals surface area contributed by atoms with Crippen molar-refractivity contribution in [3.8, 4) is 5.75 Å². The fraction of sp³-hybridized carbons (Fsp3) is 0.182. The van der Waals surface area contributed by atoms with Crippen LogP contribution in [-0.4, -0.2) is 23.2 Å². The van der Waals surface area contributed by atoms with Gasteiger partial charge in [-0.25, -0.2) is 0 Å². The summed E-state index contributed by atoms with van der Waals surface area (Å²) in [5, 5.41) is 11.9. The van der Waals surface area contributed by atoms with Crippen molar-refractivity contribution in [2.24, 2.45) is 0 Å². The smallest absolute Gasteiger partial charge is 0.262 e. The first-order chi connectivity index (χ1) is 9.02. The van der Waals surface area contributed by atoms with E-state index in [1.165, 1.54) is 24.5 Å². The number of halogens is 2. The molecule has 0 atom stereocenters. The molecule has 19 heavy (non-hydrogen) atoms. The van der Waals surface area contributed by atoms with Crippen LogP contribution in [0.4, 0.5) is 5.13 Å². The molecule has 0 bridgehead atoms. The van der Waals surface area contributed by atoms with Gasteiger partial charge in [-0.1, -0.05) is 34.5 Å². The maximum atomic E-state index is 12.2. The number of anilines is 1. The zero-order valence-corrected chi connectivity index (χ0v) is 12.4. The molecule has 0 aliphatic heterocycles. The molecule has 1 aromatic heterocycles. The number of methoxy groups -OCH3 is 1. The molecular formula is C11H9Cl2N3O2S. The maximum absolute atomic E-state index is 12.2. The van der Waals surface area contributed by atoms with Crippen molar-refractivity contribution < 1.29 is 9.53 Å². The molecule has 5 nitrogen and oxygen atoms in total. The molecule has 0 aliphatic carbocycles. The van der Waals surface area contributed by atoms with Crippen molar-refractivity contribution in [1.29, 1.82) is 0 Å². The van der Waals surface area contributed by atoms with Gasteiger partial charge in [0.1, 0.15) is 10.6 Å². The van der Waals surface area contributed by atoms with E-state index >= 15 is 0 Å². The van der Waals surface area contributed by atoms with Gasteiger partial charge in [-0.2, -0.15) is 0 Å². The highest BCUT2D eigenvalue weighted by atomic mass is 35.5. The van der Waals surface area contributed by atoms with Gasteiger partial charge < -0.3 is 4.74 Å². The highest BCUT2D eigenvalue weighted by molar-refractivity contribution is 7.15. The topological polar surface area (TPSA) is 64.1 Å². The van der Waals surface area contributed by atoms with E-state index in [9.17, 15) is 4.79 Å². The van der Waals surface area contributed by atoms with E-state index in [0.29, 0.717) is 10.2 Å². The molecule has 0 radical (unpaired) electrons. The summed E-state index contributed by atoms with van der Waals surface area (Å²) in [6.45, 7) is 1.79. The van der Waals surface area contributed by atoms with E-state index in [0.717, 1.165) is 5.01 Å². The number of carbonyl (C=O) groups excluding carboxylic acids is 1. The number of carbonyl (C=O) groups is 1. The van der Waals surface area contributed by atoms with Gasteiger partial charge in [-0.15, -0.1) is 10.2 Å². The summed E-state index contributed by atoms with van der Waals surface area (Å²) in [5.41, 5.74) is 0.171. The van der Waals surface area contributed by atoms with Crippen LogP contribution in [-0.2, 0) is 0 Å². The average molecular weight is 318 g/mol. The lowest BCUT2D eigenvalue weighted by atomic mass is 10.2. The number of benzene rings is 1. The Labute approximate surface area is 123 Å². The van der Waals surface area contributed by atoms with Gasteiger partial charge in [-0.05, 0) is 19.1 Å². The molecular weight excluding hydrogens is 309 g/mol. The number of hydrogen-bond donors (Lipinski definition) is 1. The molecule has 100 valence electrons. The first-order valence-electron chi connectivity index (χ1n) is 5.16. The van der Waals surface area contributed by atoms with E-state index in [4.69, 9.17) is 27.9 Å². The Morgan fingerprint density at radius 2 is 2.00 bits per heavy atom. The molecule has 0 fully saturated rings. The summed E-state index contributed by atoms with van der Waals surface area (Å²) >= 11 is 13.2. The number of amides is 1. The van der Waals surface area contributed by atoms with Gasteiger partial charge in [0.2, 0.25) is 5.13 Å². The zero-order valence-electron chi connectivity index (χ0n) is 10.0. The molecule has 0 saturated heterocycles. The van der Waals surface area contributed by atoms with Crippen molar-refractivity contribution in [3.63, 3.8) is 0 Å². The Hall–Kier alpha value is -1.37.